The lowest BCUT2D eigenvalue weighted by molar-refractivity contribution is -0.115. The summed E-state index contributed by atoms with van der Waals surface area (Å²) in [5.41, 5.74) is 6.25. The number of thioether (sulfide) groups is 1. The van der Waals surface area contributed by atoms with Gasteiger partial charge in [-0.25, -0.2) is 0 Å². The van der Waals surface area contributed by atoms with Crippen LogP contribution in [0.3, 0.4) is 0 Å². The fraction of sp³-hybridized carbons (Fsp3) is 0.500. The summed E-state index contributed by atoms with van der Waals surface area (Å²) in [6, 6.07) is 8.01. The number of hydrogen-bond donors (Lipinski definition) is 2. The Bertz CT molecular complexity index is 420. The molecule has 1 aliphatic heterocycles. The summed E-state index contributed by atoms with van der Waals surface area (Å²) in [7, 11) is 0. The van der Waals surface area contributed by atoms with E-state index in [1.807, 2.05) is 24.3 Å². The number of carbonyl (C=O) groups is 1. The van der Waals surface area contributed by atoms with Gasteiger partial charge in [-0.15, -0.1) is 11.8 Å². The number of ether oxygens (including phenoxy) is 1. The highest BCUT2D eigenvalue weighted by Gasteiger charge is 2.14. The number of nitrogens with one attached hydrogen (secondary N) is 1. The minimum absolute atomic E-state index is 0.291. The molecule has 5 heteroatoms. The molecule has 1 atom stereocenters. The second-order valence-corrected chi connectivity index (χ2v) is 5.73. The highest BCUT2D eigenvalue weighted by atomic mass is 32.2. The monoisotopic (exact) mass is 280 g/mol. The summed E-state index contributed by atoms with van der Waals surface area (Å²) in [6.07, 6.45) is 2.36. The maximum Gasteiger partial charge on any atom is 0.227 e. The van der Waals surface area contributed by atoms with Crippen molar-refractivity contribution in [3.63, 3.8) is 0 Å². The van der Waals surface area contributed by atoms with E-state index in [1.54, 1.807) is 0 Å². The van der Waals surface area contributed by atoms with Crippen molar-refractivity contribution in [1.82, 2.24) is 0 Å². The largest absolute Gasteiger partial charge is 0.384 e. The minimum atomic E-state index is -0.291. The predicted octanol–water partition coefficient (Wildman–Crippen LogP) is 2.10. The van der Waals surface area contributed by atoms with Crippen LogP contribution < -0.4 is 11.1 Å². The lowest BCUT2D eigenvalue weighted by Gasteiger charge is -2.23. The van der Waals surface area contributed by atoms with Crippen LogP contribution in [0.5, 0.6) is 0 Å². The molecule has 0 aliphatic carbocycles. The van der Waals surface area contributed by atoms with E-state index in [1.165, 1.54) is 18.2 Å². The third-order valence-corrected chi connectivity index (χ3v) is 4.19. The first-order valence-corrected chi connectivity index (χ1v) is 7.56. The summed E-state index contributed by atoms with van der Waals surface area (Å²) in [4.78, 5) is 11.9. The molecular formula is C14H20N2O2S. The Morgan fingerprint density at radius 1 is 1.47 bits per heavy atom. The first-order chi connectivity index (χ1) is 9.25. The number of primary amides is 1. The molecule has 104 valence electrons. The number of anilines is 1. The van der Waals surface area contributed by atoms with Gasteiger partial charge < -0.3 is 15.8 Å². The van der Waals surface area contributed by atoms with Crippen molar-refractivity contribution in [2.24, 2.45) is 11.7 Å². The number of hydrogen-bond acceptors (Lipinski definition) is 4. The number of para-hydroxylation sites is 1. The van der Waals surface area contributed by atoms with Gasteiger partial charge in [0.15, 0.2) is 0 Å². The topological polar surface area (TPSA) is 64.4 Å². The fourth-order valence-corrected chi connectivity index (χ4v) is 2.88. The van der Waals surface area contributed by atoms with Crippen LogP contribution in [0.4, 0.5) is 5.69 Å². The zero-order valence-corrected chi connectivity index (χ0v) is 11.7. The molecule has 1 saturated heterocycles. The Morgan fingerprint density at radius 2 is 2.32 bits per heavy atom. The van der Waals surface area contributed by atoms with Crippen LogP contribution >= 0.6 is 11.8 Å². The van der Waals surface area contributed by atoms with Gasteiger partial charge in [0.25, 0.3) is 0 Å². The highest BCUT2D eigenvalue weighted by molar-refractivity contribution is 8.00. The van der Waals surface area contributed by atoms with E-state index in [2.05, 4.69) is 5.32 Å². The maximum absolute atomic E-state index is 10.9. The Balaban J connectivity index is 1.89. The summed E-state index contributed by atoms with van der Waals surface area (Å²) < 4.78 is 5.47. The van der Waals surface area contributed by atoms with E-state index < -0.39 is 0 Å². The van der Waals surface area contributed by atoms with Crippen molar-refractivity contribution < 1.29 is 9.53 Å². The van der Waals surface area contributed by atoms with Crippen molar-refractivity contribution in [3.8, 4) is 0 Å². The number of nitrogens with two attached hydrogens (primary N) is 1. The van der Waals surface area contributed by atoms with Crippen molar-refractivity contribution in [3.05, 3.63) is 24.3 Å². The Labute approximate surface area is 118 Å². The Kier molecular flexibility index (Phi) is 5.54. The molecule has 2 rings (SSSR count). The van der Waals surface area contributed by atoms with E-state index in [0.29, 0.717) is 11.7 Å². The van der Waals surface area contributed by atoms with Crippen LogP contribution in [0.2, 0.25) is 0 Å². The maximum atomic E-state index is 10.9. The molecule has 19 heavy (non-hydrogen) atoms. The van der Waals surface area contributed by atoms with Crippen molar-refractivity contribution in [2.75, 3.05) is 30.8 Å². The first kappa shape index (κ1) is 14.2. The highest BCUT2D eigenvalue weighted by Crippen LogP contribution is 2.27. The molecule has 1 fully saturated rings. The third kappa shape index (κ3) is 4.76. The number of carbonyl (C=O) groups excluding carboxylic acids is 1. The van der Waals surface area contributed by atoms with Gasteiger partial charge in [0.05, 0.1) is 12.4 Å². The van der Waals surface area contributed by atoms with E-state index in [-0.39, 0.29) is 5.91 Å². The molecule has 0 radical (unpaired) electrons. The van der Waals surface area contributed by atoms with E-state index in [4.69, 9.17) is 10.5 Å². The molecule has 1 aromatic rings. The molecule has 1 heterocycles. The second kappa shape index (κ2) is 7.40. The molecule has 1 aliphatic rings. The van der Waals surface area contributed by atoms with Gasteiger partial charge in [0, 0.05) is 23.7 Å². The SMILES string of the molecule is NC(=O)CSc1ccccc1NCC1CCCOC1. The standard InChI is InChI=1S/C14H20N2O2S/c15-14(17)10-19-13-6-2-1-5-12(13)16-8-11-4-3-7-18-9-11/h1-2,5-6,11,16H,3-4,7-10H2,(H2,15,17). The molecule has 1 amide bonds. The molecular weight excluding hydrogens is 260 g/mol. The summed E-state index contributed by atoms with van der Waals surface area (Å²) in [6.45, 7) is 2.64. The summed E-state index contributed by atoms with van der Waals surface area (Å²) >= 11 is 1.47. The van der Waals surface area contributed by atoms with Gasteiger partial charge in [-0.05, 0) is 30.9 Å². The van der Waals surface area contributed by atoms with Crippen molar-refractivity contribution >= 4 is 23.4 Å². The van der Waals surface area contributed by atoms with Crippen LogP contribution in [0.25, 0.3) is 0 Å². The summed E-state index contributed by atoms with van der Waals surface area (Å²) in [5.74, 6) is 0.592. The van der Waals surface area contributed by atoms with E-state index in [0.717, 1.165) is 36.8 Å². The van der Waals surface area contributed by atoms with Gasteiger partial charge in [0.2, 0.25) is 5.91 Å². The molecule has 0 saturated carbocycles. The lowest BCUT2D eigenvalue weighted by atomic mass is 10.0. The van der Waals surface area contributed by atoms with E-state index in [9.17, 15) is 4.79 Å². The number of amides is 1. The van der Waals surface area contributed by atoms with Gasteiger partial charge >= 0.3 is 0 Å². The average Bonchev–Trinajstić information content (AvgIpc) is 2.45. The van der Waals surface area contributed by atoms with Gasteiger partial charge in [-0.3, -0.25) is 4.79 Å². The normalized spacial score (nSPS) is 19.1. The van der Waals surface area contributed by atoms with Crippen molar-refractivity contribution in [1.29, 1.82) is 0 Å². The van der Waals surface area contributed by atoms with Crippen LogP contribution in [0, 0.1) is 5.92 Å². The van der Waals surface area contributed by atoms with Crippen LogP contribution in [-0.2, 0) is 9.53 Å². The Morgan fingerprint density at radius 3 is 3.05 bits per heavy atom. The van der Waals surface area contributed by atoms with Crippen LogP contribution in [-0.4, -0.2) is 31.4 Å². The van der Waals surface area contributed by atoms with E-state index >= 15 is 0 Å². The second-order valence-electron chi connectivity index (χ2n) is 4.72. The van der Waals surface area contributed by atoms with Gasteiger partial charge in [0.1, 0.15) is 0 Å². The molecule has 0 aromatic heterocycles. The zero-order valence-electron chi connectivity index (χ0n) is 10.9. The molecule has 1 aromatic carbocycles. The quantitative estimate of drug-likeness (QED) is 0.783. The third-order valence-electron chi connectivity index (χ3n) is 3.09. The van der Waals surface area contributed by atoms with Gasteiger partial charge in [-0.1, -0.05) is 12.1 Å². The minimum Gasteiger partial charge on any atom is -0.384 e. The molecule has 4 nitrogen and oxygen atoms in total. The zero-order chi connectivity index (χ0) is 13.5. The van der Waals surface area contributed by atoms with Crippen LogP contribution in [0.1, 0.15) is 12.8 Å². The van der Waals surface area contributed by atoms with Crippen molar-refractivity contribution in [2.45, 2.75) is 17.7 Å². The average molecular weight is 280 g/mol. The predicted molar refractivity (Wildman–Crippen MR) is 78.4 cm³/mol. The number of benzene rings is 1. The smallest absolute Gasteiger partial charge is 0.227 e. The Hall–Kier alpha value is -1.20. The van der Waals surface area contributed by atoms with Gasteiger partial charge in [-0.2, -0.15) is 0 Å². The molecule has 1 unspecified atom stereocenters. The molecule has 3 N–H and O–H groups in total. The molecule has 0 spiro atoms. The fourth-order valence-electron chi connectivity index (χ4n) is 2.11. The lowest BCUT2D eigenvalue weighted by Crippen LogP contribution is -2.24. The first-order valence-electron chi connectivity index (χ1n) is 6.57. The number of rotatable bonds is 6. The van der Waals surface area contributed by atoms with Crippen LogP contribution in [0.15, 0.2) is 29.2 Å². The molecule has 0 bridgehead atoms. The summed E-state index contributed by atoms with van der Waals surface area (Å²) in [5, 5.41) is 3.45.